The Morgan fingerprint density at radius 1 is 1.38 bits per heavy atom. The summed E-state index contributed by atoms with van der Waals surface area (Å²) in [6, 6.07) is 7.15. The van der Waals surface area contributed by atoms with Crippen molar-refractivity contribution in [1.29, 1.82) is 0 Å². The smallest absolute Gasteiger partial charge is 0.119 e. The summed E-state index contributed by atoms with van der Waals surface area (Å²) < 4.78 is 16.0. The van der Waals surface area contributed by atoms with E-state index in [9.17, 15) is 4.21 Å². The summed E-state index contributed by atoms with van der Waals surface area (Å²) in [5.41, 5.74) is 6.21. The lowest BCUT2D eigenvalue weighted by molar-refractivity contribution is 0.343. The molecule has 0 saturated heterocycles. The van der Waals surface area contributed by atoms with Gasteiger partial charge in [-0.25, -0.2) is 0 Å². The molecule has 1 aromatic rings. The van der Waals surface area contributed by atoms with E-state index in [4.69, 9.17) is 10.5 Å². The Morgan fingerprint density at radius 2 is 2.00 bits per heavy atom. The summed E-state index contributed by atoms with van der Waals surface area (Å²) in [5, 5.41) is 0. The van der Waals surface area contributed by atoms with Crippen LogP contribution >= 0.6 is 0 Å². The van der Waals surface area contributed by atoms with Gasteiger partial charge in [-0.1, -0.05) is 0 Å². The minimum Gasteiger partial charge on any atom is -0.493 e. The standard InChI is InChI=1S/C9H13NO2S/c1-13(11)7-6-12-9-4-2-8(10)3-5-9/h2-5H,6-7,10H2,1H3. The average molecular weight is 199 g/mol. The van der Waals surface area contributed by atoms with E-state index < -0.39 is 10.8 Å². The third-order valence-electron chi connectivity index (χ3n) is 1.52. The summed E-state index contributed by atoms with van der Waals surface area (Å²) in [6.07, 6.45) is 1.66. The first-order valence-electron chi connectivity index (χ1n) is 3.97. The van der Waals surface area contributed by atoms with Crippen molar-refractivity contribution in [3.63, 3.8) is 0 Å². The van der Waals surface area contributed by atoms with Crippen LogP contribution in [0.25, 0.3) is 0 Å². The van der Waals surface area contributed by atoms with Crippen LogP contribution in [0.15, 0.2) is 24.3 Å². The Bertz CT molecular complexity index is 284. The molecule has 1 unspecified atom stereocenters. The number of hydrogen-bond acceptors (Lipinski definition) is 3. The molecule has 0 radical (unpaired) electrons. The lowest BCUT2D eigenvalue weighted by Gasteiger charge is -2.04. The van der Waals surface area contributed by atoms with Crippen LogP contribution in [0, 0.1) is 0 Å². The zero-order chi connectivity index (χ0) is 9.68. The maximum absolute atomic E-state index is 10.7. The van der Waals surface area contributed by atoms with E-state index in [1.165, 1.54) is 0 Å². The summed E-state index contributed by atoms with van der Waals surface area (Å²) in [6.45, 7) is 0.479. The molecule has 0 heterocycles. The van der Waals surface area contributed by atoms with Gasteiger partial charge < -0.3 is 10.5 Å². The molecule has 0 aliphatic heterocycles. The summed E-state index contributed by atoms with van der Waals surface area (Å²) in [5.74, 6) is 1.32. The van der Waals surface area contributed by atoms with Crippen LogP contribution in [0.5, 0.6) is 5.75 Å². The first kappa shape index (κ1) is 10.1. The second kappa shape index (κ2) is 4.87. The van der Waals surface area contributed by atoms with Gasteiger partial charge in [0, 0.05) is 22.7 Å². The molecule has 0 spiro atoms. The molecular weight excluding hydrogens is 186 g/mol. The molecule has 3 nitrogen and oxygen atoms in total. The molecule has 2 N–H and O–H groups in total. The van der Waals surface area contributed by atoms with Crippen molar-refractivity contribution in [3.8, 4) is 5.75 Å². The molecular formula is C9H13NO2S. The van der Waals surface area contributed by atoms with Gasteiger partial charge in [-0.3, -0.25) is 4.21 Å². The fraction of sp³-hybridized carbons (Fsp3) is 0.333. The fourth-order valence-corrected chi connectivity index (χ4v) is 1.16. The van der Waals surface area contributed by atoms with Crippen LogP contribution in [0.2, 0.25) is 0 Å². The van der Waals surface area contributed by atoms with E-state index in [1.54, 1.807) is 30.5 Å². The number of nitrogens with two attached hydrogens (primary N) is 1. The molecule has 0 bridgehead atoms. The van der Waals surface area contributed by atoms with Crippen molar-refractivity contribution >= 4 is 16.5 Å². The first-order valence-corrected chi connectivity index (χ1v) is 5.69. The van der Waals surface area contributed by atoms with Crippen LogP contribution in [0.1, 0.15) is 0 Å². The van der Waals surface area contributed by atoms with E-state index in [-0.39, 0.29) is 0 Å². The Hall–Kier alpha value is -1.03. The highest BCUT2D eigenvalue weighted by Crippen LogP contribution is 2.12. The van der Waals surface area contributed by atoms with Gasteiger partial charge >= 0.3 is 0 Å². The fourth-order valence-electron chi connectivity index (χ4n) is 0.841. The molecule has 0 aliphatic rings. The largest absolute Gasteiger partial charge is 0.493 e. The Morgan fingerprint density at radius 3 is 2.54 bits per heavy atom. The highest BCUT2D eigenvalue weighted by Gasteiger charge is 1.94. The van der Waals surface area contributed by atoms with Gasteiger partial charge in [0.05, 0.1) is 12.4 Å². The van der Waals surface area contributed by atoms with Gasteiger partial charge in [-0.15, -0.1) is 0 Å². The van der Waals surface area contributed by atoms with Crippen molar-refractivity contribution < 1.29 is 8.95 Å². The molecule has 1 aromatic carbocycles. The third kappa shape index (κ3) is 3.94. The summed E-state index contributed by atoms with van der Waals surface area (Å²) >= 11 is 0. The van der Waals surface area contributed by atoms with Gasteiger partial charge in [0.25, 0.3) is 0 Å². The number of hydrogen-bond donors (Lipinski definition) is 1. The number of ether oxygens (including phenoxy) is 1. The number of anilines is 1. The van der Waals surface area contributed by atoms with Crippen molar-refractivity contribution in [2.45, 2.75) is 0 Å². The van der Waals surface area contributed by atoms with E-state index in [0.29, 0.717) is 18.0 Å². The normalized spacial score (nSPS) is 12.4. The van der Waals surface area contributed by atoms with E-state index in [2.05, 4.69) is 0 Å². The lowest BCUT2D eigenvalue weighted by Crippen LogP contribution is -2.06. The highest BCUT2D eigenvalue weighted by molar-refractivity contribution is 7.84. The van der Waals surface area contributed by atoms with E-state index in [0.717, 1.165) is 5.75 Å². The van der Waals surface area contributed by atoms with Gasteiger partial charge in [-0.05, 0) is 24.3 Å². The van der Waals surface area contributed by atoms with Gasteiger partial charge in [0.15, 0.2) is 0 Å². The highest BCUT2D eigenvalue weighted by atomic mass is 32.2. The lowest BCUT2D eigenvalue weighted by atomic mass is 10.3. The monoisotopic (exact) mass is 199 g/mol. The van der Waals surface area contributed by atoms with Crippen LogP contribution in [-0.2, 0) is 10.8 Å². The van der Waals surface area contributed by atoms with Gasteiger partial charge in [-0.2, -0.15) is 0 Å². The van der Waals surface area contributed by atoms with Crippen LogP contribution in [0.3, 0.4) is 0 Å². The zero-order valence-electron chi connectivity index (χ0n) is 7.53. The minimum absolute atomic E-state index is 0.479. The predicted molar refractivity (Wildman–Crippen MR) is 55.3 cm³/mol. The maximum atomic E-state index is 10.7. The number of rotatable bonds is 4. The van der Waals surface area contributed by atoms with Gasteiger partial charge in [0.1, 0.15) is 5.75 Å². The van der Waals surface area contributed by atoms with Crippen molar-refractivity contribution in [1.82, 2.24) is 0 Å². The molecule has 13 heavy (non-hydrogen) atoms. The van der Waals surface area contributed by atoms with Crippen LogP contribution < -0.4 is 10.5 Å². The molecule has 0 aliphatic carbocycles. The van der Waals surface area contributed by atoms with E-state index >= 15 is 0 Å². The second-order valence-corrected chi connectivity index (χ2v) is 4.25. The minimum atomic E-state index is -0.793. The molecule has 0 aromatic heterocycles. The van der Waals surface area contributed by atoms with Crippen LogP contribution in [-0.4, -0.2) is 22.8 Å². The number of benzene rings is 1. The Kier molecular flexibility index (Phi) is 3.76. The molecule has 1 rings (SSSR count). The third-order valence-corrected chi connectivity index (χ3v) is 2.26. The molecule has 0 saturated carbocycles. The predicted octanol–water partition coefficient (Wildman–Crippen LogP) is 1.03. The van der Waals surface area contributed by atoms with Crippen molar-refractivity contribution in [2.24, 2.45) is 0 Å². The topological polar surface area (TPSA) is 52.3 Å². The molecule has 1 atom stereocenters. The zero-order valence-corrected chi connectivity index (χ0v) is 8.34. The van der Waals surface area contributed by atoms with Gasteiger partial charge in [0.2, 0.25) is 0 Å². The summed E-state index contributed by atoms with van der Waals surface area (Å²) in [7, 11) is -0.793. The molecule has 0 amide bonds. The first-order chi connectivity index (χ1) is 6.18. The molecule has 0 fully saturated rings. The molecule has 4 heteroatoms. The van der Waals surface area contributed by atoms with Crippen molar-refractivity contribution in [3.05, 3.63) is 24.3 Å². The quantitative estimate of drug-likeness (QED) is 0.737. The van der Waals surface area contributed by atoms with E-state index in [1.807, 2.05) is 0 Å². The van der Waals surface area contributed by atoms with Crippen molar-refractivity contribution in [2.75, 3.05) is 24.3 Å². The maximum Gasteiger partial charge on any atom is 0.119 e. The van der Waals surface area contributed by atoms with Crippen LogP contribution in [0.4, 0.5) is 5.69 Å². The molecule has 72 valence electrons. The number of nitrogen functional groups attached to an aromatic ring is 1. The SMILES string of the molecule is CS(=O)CCOc1ccc(N)cc1. The Labute approximate surface area is 80.4 Å². The second-order valence-electron chi connectivity index (χ2n) is 2.69. The Balaban J connectivity index is 2.37. The average Bonchev–Trinajstić information content (AvgIpc) is 2.08. The summed E-state index contributed by atoms with van der Waals surface area (Å²) in [4.78, 5) is 0.